The maximum atomic E-state index is 13.0. The molecule has 0 aromatic heterocycles. The predicted octanol–water partition coefficient (Wildman–Crippen LogP) is 6.73. The number of rotatable bonds is 13. The number of benzene rings is 3. The van der Waals surface area contributed by atoms with Crippen molar-refractivity contribution in [1.29, 1.82) is 0 Å². The van der Waals surface area contributed by atoms with Gasteiger partial charge in [0.1, 0.15) is 0 Å². The van der Waals surface area contributed by atoms with Gasteiger partial charge in [-0.2, -0.15) is 0 Å². The minimum absolute atomic E-state index is 0.128. The Morgan fingerprint density at radius 2 is 1.02 bits per heavy atom. The number of ether oxygens (including phenoxy) is 2. The van der Waals surface area contributed by atoms with E-state index in [1.807, 2.05) is 97.9 Å². The third-order valence-electron chi connectivity index (χ3n) is 6.93. The summed E-state index contributed by atoms with van der Waals surface area (Å²) in [5.41, 5.74) is 7.41. The van der Waals surface area contributed by atoms with Crippen LogP contribution in [-0.4, -0.2) is 51.3 Å². The van der Waals surface area contributed by atoms with E-state index in [0.717, 1.165) is 37.0 Å². The predicted molar refractivity (Wildman–Crippen MR) is 179 cm³/mol. The van der Waals surface area contributed by atoms with Crippen LogP contribution in [0.25, 0.3) is 0 Å². The number of carbonyl (C=O) groups is 2. The first-order valence-electron chi connectivity index (χ1n) is 14.3. The normalized spacial score (nSPS) is 12.7. The van der Waals surface area contributed by atoms with Crippen LogP contribution in [0.4, 0.5) is 0 Å². The van der Waals surface area contributed by atoms with Crippen molar-refractivity contribution in [1.82, 2.24) is 10.6 Å². The molecular formula is C34H45IN2O6. The third-order valence-corrected chi connectivity index (χ3v) is 10.5. The molecule has 0 saturated carbocycles. The zero-order valence-corrected chi connectivity index (χ0v) is 29.1. The van der Waals surface area contributed by atoms with E-state index < -0.39 is 20.6 Å². The molecule has 2 N–H and O–H groups in total. The Kier molecular flexibility index (Phi) is 12.4. The molecule has 43 heavy (non-hydrogen) atoms. The topological polar surface area (TPSA) is 95.1 Å². The first kappa shape index (κ1) is 34.3. The Bertz CT molecular complexity index is 1310. The Hall–Kier alpha value is -3.15. The number of hydrogen-bond donors (Lipinski definition) is 2. The summed E-state index contributed by atoms with van der Waals surface area (Å²) in [5.74, 6) is 0.907. The van der Waals surface area contributed by atoms with Gasteiger partial charge >= 0.3 is 265 Å². The fraction of sp³-hybridized carbons (Fsp3) is 0.412. The minimum atomic E-state index is -2.59. The molecular weight excluding hydrogens is 659 g/mol. The van der Waals surface area contributed by atoms with E-state index in [-0.39, 0.29) is 24.0 Å². The number of hydrogen-bond acceptors (Lipinski definition) is 6. The Balaban J connectivity index is 1.72. The molecule has 0 bridgehead atoms. The van der Waals surface area contributed by atoms with Crippen molar-refractivity contribution < 1.29 is 25.2 Å². The van der Waals surface area contributed by atoms with Crippen LogP contribution in [0.15, 0.2) is 42.5 Å². The van der Waals surface area contributed by atoms with Gasteiger partial charge in [0.2, 0.25) is 0 Å². The molecule has 0 heterocycles. The molecule has 8 nitrogen and oxygen atoms in total. The molecule has 0 aliphatic heterocycles. The van der Waals surface area contributed by atoms with Crippen LogP contribution in [0.2, 0.25) is 0 Å². The second kappa shape index (κ2) is 15.5. The van der Waals surface area contributed by atoms with E-state index in [1.54, 1.807) is 14.2 Å². The van der Waals surface area contributed by atoms with Crippen molar-refractivity contribution in [3.8, 4) is 11.5 Å². The second-order valence-corrected chi connectivity index (χ2v) is 15.0. The van der Waals surface area contributed by atoms with Crippen molar-refractivity contribution >= 4 is 32.5 Å². The van der Waals surface area contributed by atoms with Gasteiger partial charge in [0.15, 0.2) is 0 Å². The molecule has 3 aromatic rings. The van der Waals surface area contributed by atoms with Crippen LogP contribution < -0.4 is 20.1 Å². The Labute approximate surface area is 264 Å². The van der Waals surface area contributed by atoms with Crippen LogP contribution >= 0.6 is 20.6 Å². The summed E-state index contributed by atoms with van der Waals surface area (Å²) >= 11 is -2.59. The van der Waals surface area contributed by atoms with Crippen LogP contribution in [0.5, 0.6) is 11.5 Å². The molecule has 0 unspecified atom stereocenters. The summed E-state index contributed by atoms with van der Waals surface area (Å²) in [6.45, 7) is 16.3. The number of halogens is 1. The van der Waals surface area contributed by atoms with E-state index in [9.17, 15) is 9.59 Å². The van der Waals surface area contributed by atoms with Gasteiger partial charge in [-0.3, -0.25) is 0 Å². The molecule has 0 spiro atoms. The molecule has 0 fully saturated rings. The summed E-state index contributed by atoms with van der Waals surface area (Å²) in [6.07, 6.45) is -0.679. The number of nitrogens with one attached hydrogen (secondary N) is 2. The van der Waals surface area contributed by atoms with Crippen molar-refractivity contribution in [3.63, 3.8) is 0 Å². The molecule has 9 heteroatoms. The van der Waals surface area contributed by atoms with Crippen molar-refractivity contribution in [2.75, 3.05) is 27.3 Å². The van der Waals surface area contributed by atoms with Crippen LogP contribution in [0.3, 0.4) is 0 Å². The van der Waals surface area contributed by atoms with Gasteiger partial charge in [-0.1, -0.05) is 0 Å². The summed E-state index contributed by atoms with van der Waals surface area (Å²) in [5, 5.41) is 6.02. The van der Waals surface area contributed by atoms with Crippen molar-refractivity contribution in [2.45, 2.75) is 67.6 Å². The molecule has 3 aromatic carbocycles. The van der Waals surface area contributed by atoms with E-state index in [0.29, 0.717) is 35.7 Å². The third kappa shape index (κ3) is 8.93. The van der Waals surface area contributed by atoms with Gasteiger partial charge < -0.3 is 0 Å². The molecule has 0 aliphatic carbocycles. The molecule has 2 amide bonds. The zero-order valence-electron chi connectivity index (χ0n) is 26.9. The molecule has 0 aliphatic rings. The van der Waals surface area contributed by atoms with Crippen LogP contribution in [0.1, 0.15) is 67.9 Å². The SMILES string of the molecule is COI(OC)c1c(O[C@@H](C)CNC(=O)c2c(C)cc(C)cc2C)cccc1O[C@@H](C)CNC(=O)c1c(C)cc(C)cc1C. The van der Waals surface area contributed by atoms with Crippen LogP contribution in [0, 0.1) is 45.1 Å². The first-order valence-corrected chi connectivity index (χ1v) is 17.2. The zero-order chi connectivity index (χ0) is 31.8. The average Bonchev–Trinajstić information content (AvgIpc) is 2.91. The molecule has 3 rings (SSSR count). The van der Waals surface area contributed by atoms with Gasteiger partial charge in [0, 0.05) is 0 Å². The fourth-order valence-electron chi connectivity index (χ4n) is 5.28. The standard InChI is InChI=1S/C34H45IN2O6/c1-20-14-22(3)30(23(4)15-20)33(38)36-18-26(7)42-28-12-11-13-29(32(28)35(40-9)41-10)43-27(8)19-37-34(39)31-24(5)16-21(2)17-25(31)6/h11-17,26-27H,18-19H2,1-10H3,(H,36,38)(H,37,39)/t26-,27-/m0/s1. The van der Waals surface area contributed by atoms with Crippen molar-refractivity contribution in [2.24, 2.45) is 0 Å². The van der Waals surface area contributed by atoms with Gasteiger partial charge in [-0.25, -0.2) is 0 Å². The Morgan fingerprint density at radius 3 is 1.35 bits per heavy atom. The van der Waals surface area contributed by atoms with E-state index >= 15 is 0 Å². The average molecular weight is 705 g/mol. The number of amides is 2. The summed E-state index contributed by atoms with van der Waals surface area (Å²) < 4.78 is 24.9. The van der Waals surface area contributed by atoms with Crippen molar-refractivity contribution in [3.05, 3.63) is 90.5 Å². The number of carbonyl (C=O) groups excluding carboxylic acids is 2. The monoisotopic (exact) mass is 704 g/mol. The quantitative estimate of drug-likeness (QED) is 0.192. The van der Waals surface area contributed by atoms with Gasteiger partial charge in [0.25, 0.3) is 0 Å². The summed E-state index contributed by atoms with van der Waals surface area (Å²) in [7, 11) is 3.22. The summed E-state index contributed by atoms with van der Waals surface area (Å²) in [4.78, 5) is 26.0. The van der Waals surface area contributed by atoms with E-state index in [4.69, 9.17) is 15.6 Å². The first-order chi connectivity index (χ1) is 20.4. The summed E-state index contributed by atoms with van der Waals surface area (Å²) in [6, 6.07) is 13.6. The molecule has 234 valence electrons. The van der Waals surface area contributed by atoms with Gasteiger partial charge in [0.05, 0.1) is 0 Å². The molecule has 0 radical (unpaired) electrons. The van der Waals surface area contributed by atoms with Gasteiger partial charge in [-0.05, 0) is 0 Å². The Morgan fingerprint density at radius 1 is 0.674 bits per heavy atom. The maximum absolute atomic E-state index is 13.0. The molecule has 2 atom stereocenters. The van der Waals surface area contributed by atoms with E-state index in [2.05, 4.69) is 10.6 Å². The second-order valence-electron chi connectivity index (χ2n) is 10.9. The molecule has 0 saturated heterocycles. The van der Waals surface area contributed by atoms with E-state index in [1.165, 1.54) is 0 Å². The number of aryl methyl sites for hydroxylation is 6. The fourth-order valence-corrected chi connectivity index (χ4v) is 8.01. The van der Waals surface area contributed by atoms with Crippen LogP contribution in [-0.2, 0) is 6.13 Å². The van der Waals surface area contributed by atoms with Gasteiger partial charge in [-0.15, -0.1) is 0 Å².